The van der Waals surface area contributed by atoms with Crippen molar-refractivity contribution in [1.29, 1.82) is 5.41 Å². The number of methoxy groups -OCH3 is 1. The topological polar surface area (TPSA) is 110 Å². The van der Waals surface area contributed by atoms with Gasteiger partial charge in [-0.3, -0.25) is 4.98 Å². The number of rotatable bonds is 8. The summed E-state index contributed by atoms with van der Waals surface area (Å²) in [6, 6.07) is 17.3. The van der Waals surface area contributed by atoms with Gasteiger partial charge in [-0.15, -0.1) is 0 Å². The van der Waals surface area contributed by atoms with E-state index in [0.717, 1.165) is 17.0 Å². The maximum Gasteiger partial charge on any atom is 0.221 e. The number of nitrogens with one attached hydrogen (secondary N) is 2. The van der Waals surface area contributed by atoms with Crippen LogP contribution in [-0.4, -0.2) is 28.3 Å². The Morgan fingerprint density at radius 1 is 1.07 bits per heavy atom. The first-order valence-electron chi connectivity index (χ1n) is 8.77. The summed E-state index contributed by atoms with van der Waals surface area (Å²) in [6.45, 7) is 0.985. The van der Waals surface area contributed by atoms with Crippen molar-refractivity contribution < 1.29 is 4.74 Å². The van der Waals surface area contributed by atoms with Crippen molar-refractivity contribution in [3.05, 3.63) is 77.9 Å². The summed E-state index contributed by atoms with van der Waals surface area (Å²) in [6.07, 6.45) is 2.96. The molecule has 28 heavy (non-hydrogen) atoms. The van der Waals surface area contributed by atoms with Crippen molar-refractivity contribution >= 4 is 17.7 Å². The quantitative estimate of drug-likeness (QED) is 0.523. The van der Waals surface area contributed by atoms with Crippen LogP contribution >= 0.6 is 0 Å². The zero-order valence-corrected chi connectivity index (χ0v) is 15.6. The number of nitrogens with two attached hydrogens (primary N) is 1. The van der Waals surface area contributed by atoms with Crippen LogP contribution in [-0.2, 0) is 17.9 Å². The minimum Gasteiger partial charge on any atom is -0.385 e. The Hall–Kier alpha value is -3.58. The predicted octanol–water partition coefficient (Wildman–Crippen LogP) is 3.05. The molecule has 0 saturated heterocycles. The van der Waals surface area contributed by atoms with Gasteiger partial charge in [-0.1, -0.05) is 36.4 Å². The Morgan fingerprint density at radius 2 is 1.86 bits per heavy atom. The van der Waals surface area contributed by atoms with E-state index in [4.69, 9.17) is 15.9 Å². The third kappa shape index (κ3) is 4.99. The lowest BCUT2D eigenvalue weighted by Gasteiger charge is -2.08. The number of pyridine rings is 1. The number of allylic oxidation sites excluding steroid dienone is 1. The Balaban J connectivity index is 1.78. The fourth-order valence-corrected chi connectivity index (χ4v) is 2.68. The van der Waals surface area contributed by atoms with Gasteiger partial charge < -0.3 is 21.2 Å². The van der Waals surface area contributed by atoms with Gasteiger partial charge in [0.15, 0.2) is 0 Å². The minimum atomic E-state index is 0.165. The number of benzene rings is 1. The molecule has 1 aromatic carbocycles. The molecule has 4 N–H and O–H groups in total. The number of hydrogen-bond donors (Lipinski definition) is 3. The molecule has 0 bridgehead atoms. The van der Waals surface area contributed by atoms with Crippen LogP contribution in [0.4, 0.5) is 5.95 Å². The first kappa shape index (κ1) is 19.2. The van der Waals surface area contributed by atoms with Crippen molar-refractivity contribution in [2.24, 2.45) is 0 Å². The number of anilines is 1. The Kier molecular flexibility index (Phi) is 6.43. The second-order valence-electron chi connectivity index (χ2n) is 6.04. The zero-order valence-electron chi connectivity index (χ0n) is 15.6. The largest absolute Gasteiger partial charge is 0.385 e. The van der Waals surface area contributed by atoms with Gasteiger partial charge in [0.05, 0.1) is 35.9 Å². The SMILES string of the molecule is COCc1cccc(CN/C=C(\C=N)c2cc(-c3ccccc3)nc(N)n2)n1. The van der Waals surface area contributed by atoms with Crippen LogP contribution in [0.25, 0.3) is 16.8 Å². The molecular formula is C21H22N6O. The smallest absolute Gasteiger partial charge is 0.221 e. The van der Waals surface area contributed by atoms with E-state index < -0.39 is 0 Å². The fraction of sp³-hybridized carbons (Fsp3) is 0.143. The number of ether oxygens (including phenoxy) is 1. The molecule has 2 heterocycles. The second-order valence-corrected chi connectivity index (χ2v) is 6.04. The number of nitrogens with zero attached hydrogens (tertiary/aromatic N) is 3. The van der Waals surface area contributed by atoms with Crippen LogP contribution in [0.1, 0.15) is 17.1 Å². The molecule has 3 aromatic rings. The average molecular weight is 374 g/mol. The molecule has 0 fully saturated rings. The molecule has 2 aromatic heterocycles. The van der Waals surface area contributed by atoms with Gasteiger partial charge in [-0.25, -0.2) is 9.97 Å². The van der Waals surface area contributed by atoms with Crippen LogP contribution in [0.5, 0.6) is 0 Å². The monoisotopic (exact) mass is 374 g/mol. The normalized spacial score (nSPS) is 11.2. The maximum atomic E-state index is 7.75. The van der Waals surface area contributed by atoms with E-state index in [1.807, 2.05) is 54.6 Å². The highest BCUT2D eigenvalue weighted by molar-refractivity contribution is 6.07. The van der Waals surface area contributed by atoms with Gasteiger partial charge in [-0.2, -0.15) is 0 Å². The zero-order chi connectivity index (χ0) is 19.8. The van der Waals surface area contributed by atoms with Crippen molar-refractivity contribution in [2.45, 2.75) is 13.2 Å². The molecular weight excluding hydrogens is 352 g/mol. The lowest BCUT2D eigenvalue weighted by Crippen LogP contribution is -2.10. The summed E-state index contributed by atoms with van der Waals surface area (Å²) >= 11 is 0. The van der Waals surface area contributed by atoms with Crippen LogP contribution in [0, 0.1) is 5.41 Å². The number of aromatic nitrogens is 3. The highest BCUT2D eigenvalue weighted by Crippen LogP contribution is 2.21. The Bertz CT molecular complexity index is 972. The molecule has 0 aliphatic carbocycles. The van der Waals surface area contributed by atoms with Crippen LogP contribution in [0.15, 0.2) is 60.8 Å². The summed E-state index contributed by atoms with van der Waals surface area (Å²) in [5.41, 5.74) is 10.5. The Labute approximate surface area is 163 Å². The average Bonchev–Trinajstić information content (AvgIpc) is 2.72. The van der Waals surface area contributed by atoms with Crippen molar-refractivity contribution in [3.63, 3.8) is 0 Å². The molecule has 0 saturated carbocycles. The number of nitrogen functional groups attached to an aromatic ring is 1. The predicted molar refractivity (Wildman–Crippen MR) is 110 cm³/mol. The van der Waals surface area contributed by atoms with E-state index in [9.17, 15) is 0 Å². The summed E-state index contributed by atoms with van der Waals surface area (Å²) < 4.78 is 5.11. The van der Waals surface area contributed by atoms with E-state index in [1.165, 1.54) is 6.21 Å². The molecule has 0 spiro atoms. The molecule has 7 heteroatoms. The van der Waals surface area contributed by atoms with E-state index in [1.54, 1.807) is 13.3 Å². The van der Waals surface area contributed by atoms with Gasteiger partial charge in [-0.05, 0) is 18.2 Å². The van der Waals surface area contributed by atoms with E-state index >= 15 is 0 Å². The van der Waals surface area contributed by atoms with E-state index in [0.29, 0.717) is 30.1 Å². The lowest BCUT2D eigenvalue weighted by atomic mass is 10.1. The molecule has 7 nitrogen and oxygen atoms in total. The van der Waals surface area contributed by atoms with Gasteiger partial charge in [0, 0.05) is 30.7 Å². The van der Waals surface area contributed by atoms with Crippen molar-refractivity contribution in [1.82, 2.24) is 20.3 Å². The summed E-state index contributed by atoms with van der Waals surface area (Å²) in [7, 11) is 1.64. The van der Waals surface area contributed by atoms with Crippen LogP contribution < -0.4 is 11.1 Å². The molecule has 0 aliphatic heterocycles. The first-order valence-corrected chi connectivity index (χ1v) is 8.77. The van der Waals surface area contributed by atoms with Gasteiger partial charge in [0.25, 0.3) is 0 Å². The third-order valence-electron chi connectivity index (χ3n) is 3.96. The van der Waals surface area contributed by atoms with E-state index in [2.05, 4.69) is 20.3 Å². The molecule has 142 valence electrons. The molecule has 0 atom stereocenters. The second kappa shape index (κ2) is 9.38. The summed E-state index contributed by atoms with van der Waals surface area (Å²) in [5, 5.41) is 10.9. The summed E-state index contributed by atoms with van der Waals surface area (Å²) in [4.78, 5) is 13.1. The molecule has 3 rings (SSSR count). The fourth-order valence-electron chi connectivity index (χ4n) is 2.68. The van der Waals surface area contributed by atoms with Crippen molar-refractivity contribution in [2.75, 3.05) is 12.8 Å². The number of hydrogen-bond acceptors (Lipinski definition) is 7. The van der Waals surface area contributed by atoms with Crippen LogP contribution in [0.3, 0.4) is 0 Å². The maximum absolute atomic E-state index is 7.75. The lowest BCUT2D eigenvalue weighted by molar-refractivity contribution is 0.181. The highest BCUT2D eigenvalue weighted by Gasteiger charge is 2.08. The highest BCUT2D eigenvalue weighted by atomic mass is 16.5. The van der Waals surface area contributed by atoms with Gasteiger partial charge in [0.1, 0.15) is 0 Å². The van der Waals surface area contributed by atoms with E-state index in [-0.39, 0.29) is 5.95 Å². The first-order chi connectivity index (χ1) is 13.7. The molecule has 0 aliphatic rings. The molecule has 0 radical (unpaired) electrons. The standard InChI is InChI=1S/C21H22N6O/c1-28-14-18-9-5-8-17(25-18)13-24-12-16(11-22)20-10-19(26-21(23)27-20)15-6-3-2-4-7-15/h2-12,22,24H,13-14H2,1H3,(H2,23,26,27)/b16-12+,22-11?. The van der Waals surface area contributed by atoms with Crippen LogP contribution in [0.2, 0.25) is 0 Å². The molecule has 0 amide bonds. The van der Waals surface area contributed by atoms with Gasteiger partial charge in [0.2, 0.25) is 5.95 Å². The third-order valence-corrected chi connectivity index (χ3v) is 3.96. The Morgan fingerprint density at radius 3 is 2.61 bits per heavy atom. The van der Waals surface area contributed by atoms with Crippen molar-refractivity contribution in [3.8, 4) is 11.3 Å². The molecule has 0 unspecified atom stereocenters. The summed E-state index contributed by atoms with van der Waals surface area (Å²) in [5.74, 6) is 0.165. The van der Waals surface area contributed by atoms with Gasteiger partial charge >= 0.3 is 0 Å². The minimum absolute atomic E-state index is 0.165.